The van der Waals surface area contributed by atoms with E-state index in [1.807, 2.05) is 0 Å². The lowest BCUT2D eigenvalue weighted by molar-refractivity contribution is -0.385. The summed E-state index contributed by atoms with van der Waals surface area (Å²) < 4.78 is 13.2. The number of non-ortho nitro benzene ring substituents is 1. The highest BCUT2D eigenvalue weighted by Crippen LogP contribution is 2.20. The molecule has 0 aliphatic rings. The summed E-state index contributed by atoms with van der Waals surface area (Å²) >= 11 is 3.18. The van der Waals surface area contributed by atoms with Crippen LogP contribution in [0, 0.1) is 15.9 Å². The monoisotopic (exact) mass is 262 g/mol. The van der Waals surface area contributed by atoms with Gasteiger partial charge in [0.05, 0.1) is 16.7 Å². The summed E-state index contributed by atoms with van der Waals surface area (Å²) in [6, 6.07) is 3.52. The van der Waals surface area contributed by atoms with Crippen LogP contribution >= 0.6 is 15.9 Å². The summed E-state index contributed by atoms with van der Waals surface area (Å²) in [6.45, 7) is 0.564. The number of benzene rings is 1. The highest BCUT2D eigenvalue weighted by molar-refractivity contribution is 9.09. The summed E-state index contributed by atoms with van der Waals surface area (Å²) in [5, 5.41) is 13.8. The fourth-order valence-corrected chi connectivity index (χ4v) is 1.14. The molecular formula is C8H8BrFN2O2. The van der Waals surface area contributed by atoms with Gasteiger partial charge in [-0.15, -0.1) is 0 Å². The zero-order valence-corrected chi connectivity index (χ0v) is 8.75. The predicted molar refractivity (Wildman–Crippen MR) is 55.3 cm³/mol. The molecule has 0 radical (unpaired) electrons. The van der Waals surface area contributed by atoms with Gasteiger partial charge in [-0.25, -0.2) is 4.39 Å². The van der Waals surface area contributed by atoms with Crippen molar-refractivity contribution in [1.29, 1.82) is 0 Å². The van der Waals surface area contributed by atoms with Crippen LogP contribution < -0.4 is 5.32 Å². The van der Waals surface area contributed by atoms with Gasteiger partial charge in [-0.2, -0.15) is 0 Å². The Hall–Kier alpha value is -1.17. The minimum atomic E-state index is -0.628. The van der Waals surface area contributed by atoms with Gasteiger partial charge < -0.3 is 5.32 Å². The van der Waals surface area contributed by atoms with Crippen LogP contribution in [0.4, 0.5) is 15.8 Å². The first-order valence-corrected chi connectivity index (χ1v) is 5.01. The molecule has 0 saturated carbocycles. The van der Waals surface area contributed by atoms with Crippen molar-refractivity contribution in [3.8, 4) is 0 Å². The molecular weight excluding hydrogens is 255 g/mol. The highest BCUT2D eigenvalue weighted by atomic mass is 79.9. The Morgan fingerprint density at radius 1 is 1.57 bits per heavy atom. The average Bonchev–Trinajstić information content (AvgIpc) is 2.15. The number of rotatable bonds is 4. The second kappa shape index (κ2) is 4.90. The van der Waals surface area contributed by atoms with Crippen molar-refractivity contribution >= 4 is 27.3 Å². The number of anilines is 1. The van der Waals surface area contributed by atoms with Crippen molar-refractivity contribution in [2.24, 2.45) is 0 Å². The molecule has 0 aliphatic carbocycles. The maximum absolute atomic E-state index is 13.2. The van der Waals surface area contributed by atoms with E-state index in [0.29, 0.717) is 11.9 Å². The van der Waals surface area contributed by atoms with Crippen molar-refractivity contribution in [1.82, 2.24) is 0 Å². The van der Waals surface area contributed by atoms with E-state index in [9.17, 15) is 14.5 Å². The molecule has 0 unspecified atom stereocenters. The Morgan fingerprint density at radius 2 is 2.29 bits per heavy atom. The highest BCUT2D eigenvalue weighted by Gasteiger charge is 2.09. The largest absolute Gasteiger partial charge is 0.382 e. The van der Waals surface area contributed by atoms with E-state index < -0.39 is 10.7 Å². The molecule has 1 rings (SSSR count). The van der Waals surface area contributed by atoms with Gasteiger partial charge in [0, 0.05) is 17.9 Å². The van der Waals surface area contributed by atoms with E-state index in [0.717, 1.165) is 6.07 Å². The summed E-state index contributed by atoms with van der Waals surface area (Å²) in [4.78, 5) is 9.66. The van der Waals surface area contributed by atoms with Crippen molar-refractivity contribution < 1.29 is 9.31 Å². The Kier molecular flexibility index (Phi) is 3.82. The maximum Gasteiger partial charge on any atom is 0.272 e. The summed E-state index contributed by atoms with van der Waals surface area (Å²) in [7, 11) is 0. The summed E-state index contributed by atoms with van der Waals surface area (Å²) in [5.74, 6) is -0.611. The van der Waals surface area contributed by atoms with Crippen LogP contribution in [0.2, 0.25) is 0 Å². The Labute approximate surface area is 88.4 Å². The van der Waals surface area contributed by atoms with Crippen LogP contribution in [-0.2, 0) is 0 Å². The lowest BCUT2D eigenvalue weighted by Crippen LogP contribution is -2.04. The van der Waals surface area contributed by atoms with Gasteiger partial charge in [-0.05, 0) is 6.07 Å². The average molecular weight is 263 g/mol. The molecule has 0 atom stereocenters. The first kappa shape index (κ1) is 10.9. The molecule has 0 aromatic heterocycles. The first-order chi connectivity index (χ1) is 6.65. The number of nitrogens with one attached hydrogen (secondary N) is 1. The fourth-order valence-electron chi connectivity index (χ4n) is 0.943. The SMILES string of the molecule is O=[N+]([O-])c1ccc(NCCBr)c(F)c1. The van der Waals surface area contributed by atoms with Crippen molar-refractivity contribution in [2.45, 2.75) is 0 Å². The van der Waals surface area contributed by atoms with Gasteiger partial charge >= 0.3 is 0 Å². The molecule has 1 N–H and O–H groups in total. The third-order valence-corrected chi connectivity index (χ3v) is 1.97. The quantitative estimate of drug-likeness (QED) is 0.516. The topological polar surface area (TPSA) is 55.2 Å². The van der Waals surface area contributed by atoms with Crippen LogP contribution in [0.1, 0.15) is 0 Å². The Balaban J connectivity index is 2.84. The molecule has 6 heteroatoms. The van der Waals surface area contributed by atoms with Crippen LogP contribution in [0.5, 0.6) is 0 Å². The summed E-state index contributed by atoms with van der Waals surface area (Å²) in [5.41, 5.74) is 0.0296. The van der Waals surface area contributed by atoms with Crippen molar-refractivity contribution in [2.75, 3.05) is 17.2 Å². The maximum atomic E-state index is 13.2. The van der Waals surface area contributed by atoms with Gasteiger partial charge in [-0.1, -0.05) is 15.9 Å². The molecule has 0 saturated heterocycles. The number of nitro benzene ring substituents is 1. The molecule has 1 aromatic rings. The fraction of sp³-hybridized carbons (Fsp3) is 0.250. The van der Waals surface area contributed by atoms with Crippen molar-refractivity contribution in [3.05, 3.63) is 34.1 Å². The summed E-state index contributed by atoms with van der Waals surface area (Å²) in [6.07, 6.45) is 0. The number of alkyl halides is 1. The number of nitrogens with zero attached hydrogens (tertiary/aromatic N) is 1. The molecule has 0 fully saturated rings. The smallest absolute Gasteiger partial charge is 0.272 e. The lowest BCUT2D eigenvalue weighted by Gasteiger charge is -2.04. The van der Waals surface area contributed by atoms with E-state index in [4.69, 9.17) is 0 Å². The zero-order chi connectivity index (χ0) is 10.6. The van der Waals surface area contributed by atoms with Crippen LogP contribution in [0.25, 0.3) is 0 Å². The second-order valence-corrected chi connectivity index (χ2v) is 3.33. The van der Waals surface area contributed by atoms with Crippen LogP contribution in [-0.4, -0.2) is 16.8 Å². The molecule has 0 bridgehead atoms. The van der Waals surface area contributed by atoms with Crippen molar-refractivity contribution in [3.63, 3.8) is 0 Å². The van der Waals surface area contributed by atoms with Gasteiger partial charge in [0.2, 0.25) is 0 Å². The molecule has 76 valence electrons. The predicted octanol–water partition coefficient (Wildman–Crippen LogP) is 2.54. The van der Waals surface area contributed by atoms with Crippen LogP contribution in [0.15, 0.2) is 18.2 Å². The molecule has 0 heterocycles. The van der Waals surface area contributed by atoms with E-state index in [1.54, 1.807) is 0 Å². The Bertz CT molecular complexity index is 346. The minimum Gasteiger partial charge on any atom is -0.382 e. The Morgan fingerprint density at radius 3 is 2.79 bits per heavy atom. The third-order valence-electron chi connectivity index (χ3n) is 1.57. The standard InChI is InChI=1S/C8H8BrFN2O2/c9-3-4-11-8-2-1-6(12(13)14)5-7(8)10/h1-2,5,11H,3-4H2. The van der Waals surface area contributed by atoms with Gasteiger partial charge in [-0.3, -0.25) is 10.1 Å². The van der Waals surface area contributed by atoms with E-state index in [-0.39, 0.29) is 11.4 Å². The zero-order valence-electron chi connectivity index (χ0n) is 7.17. The van der Waals surface area contributed by atoms with Crippen LogP contribution in [0.3, 0.4) is 0 Å². The number of nitro groups is 1. The first-order valence-electron chi connectivity index (χ1n) is 3.89. The molecule has 4 nitrogen and oxygen atoms in total. The minimum absolute atomic E-state index is 0.244. The van der Waals surface area contributed by atoms with Gasteiger partial charge in [0.15, 0.2) is 5.82 Å². The molecule has 0 spiro atoms. The normalized spacial score (nSPS) is 9.86. The van der Waals surface area contributed by atoms with E-state index >= 15 is 0 Å². The molecule has 14 heavy (non-hydrogen) atoms. The number of hydrogen-bond acceptors (Lipinski definition) is 3. The van der Waals surface area contributed by atoms with E-state index in [1.165, 1.54) is 12.1 Å². The number of halogens is 2. The second-order valence-electron chi connectivity index (χ2n) is 2.54. The number of hydrogen-bond donors (Lipinski definition) is 1. The third kappa shape index (κ3) is 2.66. The lowest BCUT2D eigenvalue weighted by atomic mass is 10.2. The van der Waals surface area contributed by atoms with E-state index in [2.05, 4.69) is 21.2 Å². The molecule has 1 aromatic carbocycles. The molecule has 0 amide bonds. The molecule has 0 aliphatic heterocycles. The van der Waals surface area contributed by atoms with Gasteiger partial charge in [0.1, 0.15) is 0 Å². The van der Waals surface area contributed by atoms with Gasteiger partial charge in [0.25, 0.3) is 5.69 Å².